The molecule has 0 aliphatic heterocycles. The fourth-order valence-corrected chi connectivity index (χ4v) is 2.92. The van der Waals surface area contributed by atoms with E-state index < -0.39 is 17.6 Å². The van der Waals surface area contributed by atoms with Gasteiger partial charge in [-0.15, -0.1) is 0 Å². The molecular formula is C23H21F3N2O4. The van der Waals surface area contributed by atoms with Crippen molar-refractivity contribution in [1.82, 2.24) is 5.43 Å². The monoisotopic (exact) mass is 446 g/mol. The molecule has 1 amide bonds. The molecule has 32 heavy (non-hydrogen) atoms. The minimum Gasteiger partial charge on any atom is -0.493 e. The van der Waals surface area contributed by atoms with E-state index in [9.17, 15) is 18.0 Å². The van der Waals surface area contributed by atoms with Gasteiger partial charge in [0.2, 0.25) is 5.75 Å². The van der Waals surface area contributed by atoms with Gasteiger partial charge in [-0.3, -0.25) is 15.6 Å². The zero-order valence-electron chi connectivity index (χ0n) is 17.3. The van der Waals surface area contributed by atoms with Crippen LogP contribution < -0.4 is 25.1 Å². The van der Waals surface area contributed by atoms with Gasteiger partial charge >= 0.3 is 6.18 Å². The lowest BCUT2D eigenvalue weighted by molar-refractivity contribution is -0.137. The van der Waals surface area contributed by atoms with Crippen molar-refractivity contribution in [1.29, 1.82) is 0 Å². The van der Waals surface area contributed by atoms with E-state index in [0.717, 1.165) is 11.6 Å². The molecule has 0 radical (unpaired) electrons. The molecule has 0 aliphatic carbocycles. The topological polar surface area (TPSA) is 68.8 Å². The minimum absolute atomic E-state index is 0.0998. The SMILES string of the molecule is COc1cc(C(=O)NNc2ccccc2C(F)(F)F)cc(OC)c1OCc1ccccc1. The zero-order valence-corrected chi connectivity index (χ0v) is 17.3. The van der Waals surface area contributed by atoms with Gasteiger partial charge in [-0.05, 0) is 29.8 Å². The van der Waals surface area contributed by atoms with Crippen molar-refractivity contribution in [3.05, 3.63) is 83.4 Å². The van der Waals surface area contributed by atoms with Crippen LogP contribution in [0.5, 0.6) is 17.2 Å². The van der Waals surface area contributed by atoms with E-state index in [-0.39, 0.29) is 29.4 Å². The Morgan fingerprint density at radius 3 is 2.09 bits per heavy atom. The summed E-state index contributed by atoms with van der Waals surface area (Å²) in [5.41, 5.74) is 4.43. The number of nitrogens with one attached hydrogen (secondary N) is 2. The lowest BCUT2D eigenvalue weighted by Gasteiger charge is -2.17. The van der Waals surface area contributed by atoms with Crippen LogP contribution in [0, 0.1) is 0 Å². The summed E-state index contributed by atoms with van der Waals surface area (Å²) in [6.07, 6.45) is -4.57. The fourth-order valence-electron chi connectivity index (χ4n) is 2.92. The molecule has 3 aromatic rings. The summed E-state index contributed by atoms with van der Waals surface area (Å²) in [5, 5.41) is 0. The van der Waals surface area contributed by atoms with Crippen LogP contribution in [0.15, 0.2) is 66.7 Å². The Labute approximate surface area is 182 Å². The van der Waals surface area contributed by atoms with Gasteiger partial charge < -0.3 is 14.2 Å². The van der Waals surface area contributed by atoms with Gasteiger partial charge in [0.1, 0.15) is 6.61 Å². The average molecular weight is 446 g/mol. The third-order valence-corrected chi connectivity index (χ3v) is 4.49. The second kappa shape index (κ2) is 9.95. The van der Waals surface area contributed by atoms with Crippen molar-refractivity contribution >= 4 is 11.6 Å². The number of hydrogen-bond donors (Lipinski definition) is 2. The molecule has 6 nitrogen and oxygen atoms in total. The average Bonchev–Trinajstić information content (AvgIpc) is 2.80. The maximum atomic E-state index is 13.1. The molecule has 0 atom stereocenters. The Hall–Kier alpha value is -3.88. The Balaban J connectivity index is 1.79. The Morgan fingerprint density at radius 1 is 0.906 bits per heavy atom. The highest BCUT2D eigenvalue weighted by molar-refractivity contribution is 5.96. The van der Waals surface area contributed by atoms with E-state index in [1.54, 1.807) is 0 Å². The summed E-state index contributed by atoms with van der Waals surface area (Å²) in [6, 6.07) is 17.1. The number of rotatable bonds is 8. The molecule has 9 heteroatoms. The first-order valence-electron chi connectivity index (χ1n) is 9.48. The maximum Gasteiger partial charge on any atom is 0.418 e. The number of hydrazine groups is 1. The smallest absolute Gasteiger partial charge is 0.418 e. The minimum atomic E-state index is -4.57. The largest absolute Gasteiger partial charge is 0.493 e. The predicted molar refractivity (Wildman–Crippen MR) is 113 cm³/mol. The van der Waals surface area contributed by atoms with Crippen LogP contribution in [-0.2, 0) is 12.8 Å². The molecular weight excluding hydrogens is 425 g/mol. The normalized spacial score (nSPS) is 10.9. The number of methoxy groups -OCH3 is 2. The van der Waals surface area contributed by atoms with Crippen molar-refractivity contribution in [3.63, 3.8) is 0 Å². The molecule has 0 unspecified atom stereocenters. The van der Waals surface area contributed by atoms with Gasteiger partial charge in [-0.1, -0.05) is 42.5 Å². The van der Waals surface area contributed by atoms with Gasteiger partial charge in [0.25, 0.3) is 5.91 Å². The molecule has 0 saturated carbocycles. The second-order valence-electron chi connectivity index (χ2n) is 6.61. The van der Waals surface area contributed by atoms with E-state index in [2.05, 4.69) is 10.9 Å². The van der Waals surface area contributed by atoms with E-state index in [0.29, 0.717) is 5.75 Å². The van der Waals surface area contributed by atoms with Crippen molar-refractivity contribution in [3.8, 4) is 17.2 Å². The number of anilines is 1. The first-order chi connectivity index (χ1) is 15.3. The highest BCUT2D eigenvalue weighted by Gasteiger charge is 2.33. The third kappa shape index (κ3) is 5.42. The predicted octanol–water partition coefficient (Wildman–Crippen LogP) is 5.06. The summed E-state index contributed by atoms with van der Waals surface area (Å²) in [6.45, 7) is 0.245. The molecule has 2 N–H and O–H groups in total. The van der Waals surface area contributed by atoms with Crippen LogP contribution in [0.3, 0.4) is 0 Å². The number of carbonyl (C=O) groups excluding carboxylic acids is 1. The van der Waals surface area contributed by atoms with E-state index in [4.69, 9.17) is 14.2 Å². The van der Waals surface area contributed by atoms with Gasteiger partial charge in [0.15, 0.2) is 11.5 Å². The Bertz CT molecular complexity index is 1050. The highest BCUT2D eigenvalue weighted by atomic mass is 19.4. The van der Waals surface area contributed by atoms with Crippen LogP contribution >= 0.6 is 0 Å². The lowest BCUT2D eigenvalue weighted by atomic mass is 10.1. The summed E-state index contributed by atoms with van der Waals surface area (Å²) in [5.74, 6) is 0.0845. The van der Waals surface area contributed by atoms with E-state index in [1.165, 1.54) is 44.6 Å². The molecule has 0 fully saturated rings. The number of halogens is 3. The first kappa shape index (κ1) is 22.8. The molecule has 0 bridgehead atoms. The van der Waals surface area contributed by atoms with Crippen LogP contribution in [0.4, 0.5) is 18.9 Å². The molecule has 0 aliphatic rings. The summed E-state index contributed by atoms with van der Waals surface area (Å²) < 4.78 is 55.9. The van der Waals surface area contributed by atoms with Gasteiger partial charge in [0, 0.05) is 5.56 Å². The van der Waals surface area contributed by atoms with Crippen molar-refractivity contribution in [2.75, 3.05) is 19.6 Å². The molecule has 3 aromatic carbocycles. The van der Waals surface area contributed by atoms with Gasteiger partial charge in [0.05, 0.1) is 25.5 Å². The number of para-hydroxylation sites is 1. The molecule has 3 rings (SSSR count). The van der Waals surface area contributed by atoms with Crippen LogP contribution in [0.2, 0.25) is 0 Å². The van der Waals surface area contributed by atoms with Crippen LogP contribution in [0.25, 0.3) is 0 Å². The standard InChI is InChI=1S/C23H21F3N2O4/c1-30-19-12-16(13-20(31-2)21(19)32-14-15-8-4-3-5-9-15)22(29)28-27-18-11-7-6-10-17(18)23(24,25)26/h3-13,27H,14H2,1-2H3,(H,28,29). The van der Waals surface area contributed by atoms with E-state index >= 15 is 0 Å². The molecule has 0 saturated heterocycles. The number of benzene rings is 3. The lowest BCUT2D eigenvalue weighted by Crippen LogP contribution is -2.30. The second-order valence-corrected chi connectivity index (χ2v) is 6.61. The van der Waals surface area contributed by atoms with Gasteiger partial charge in [-0.25, -0.2) is 0 Å². The van der Waals surface area contributed by atoms with Crippen molar-refractivity contribution < 1.29 is 32.2 Å². The molecule has 0 spiro atoms. The molecule has 0 heterocycles. The molecule has 0 aromatic heterocycles. The van der Waals surface area contributed by atoms with E-state index in [1.807, 2.05) is 30.3 Å². The molecule has 168 valence electrons. The summed E-state index contributed by atoms with van der Waals surface area (Å²) in [4.78, 5) is 12.6. The van der Waals surface area contributed by atoms with Crippen molar-refractivity contribution in [2.45, 2.75) is 12.8 Å². The van der Waals surface area contributed by atoms with Gasteiger partial charge in [-0.2, -0.15) is 13.2 Å². The van der Waals surface area contributed by atoms with Crippen LogP contribution in [-0.4, -0.2) is 20.1 Å². The van der Waals surface area contributed by atoms with Crippen molar-refractivity contribution in [2.24, 2.45) is 0 Å². The van der Waals surface area contributed by atoms with Crippen LogP contribution in [0.1, 0.15) is 21.5 Å². The number of carbonyl (C=O) groups is 1. The zero-order chi connectivity index (χ0) is 23.1. The summed E-state index contributed by atoms with van der Waals surface area (Å²) >= 11 is 0. The fraction of sp³-hybridized carbons (Fsp3) is 0.174. The third-order valence-electron chi connectivity index (χ3n) is 4.49. The highest BCUT2D eigenvalue weighted by Crippen LogP contribution is 2.39. The summed E-state index contributed by atoms with van der Waals surface area (Å²) in [7, 11) is 2.81. The number of ether oxygens (including phenoxy) is 3. The Kier molecular flexibility index (Phi) is 7.09. The quantitative estimate of drug-likeness (QED) is 0.474. The number of hydrogen-bond acceptors (Lipinski definition) is 5. The number of amides is 1. The number of alkyl halides is 3. The maximum absolute atomic E-state index is 13.1. The first-order valence-corrected chi connectivity index (χ1v) is 9.48. The Morgan fingerprint density at radius 2 is 1.50 bits per heavy atom.